The van der Waals surface area contributed by atoms with E-state index in [0.29, 0.717) is 30.5 Å². The molecule has 2 amide bonds. The summed E-state index contributed by atoms with van der Waals surface area (Å²) in [5, 5.41) is 10.4. The third-order valence-electron chi connectivity index (χ3n) is 7.20. The average molecular weight is 576 g/mol. The summed E-state index contributed by atoms with van der Waals surface area (Å²) < 4.78 is 29.0. The van der Waals surface area contributed by atoms with Gasteiger partial charge in [0.1, 0.15) is 17.9 Å². The van der Waals surface area contributed by atoms with Gasteiger partial charge in [-0.25, -0.2) is 13.1 Å². The highest BCUT2D eigenvalue weighted by molar-refractivity contribution is 7.88. The molecule has 1 aliphatic rings. The molecule has 0 radical (unpaired) electrons. The number of hydrogen-bond donors (Lipinski definition) is 4. The third-order valence-corrected chi connectivity index (χ3v) is 8.56. The molecule has 216 valence electrons. The average Bonchev–Trinajstić information content (AvgIpc) is 2.98. The van der Waals surface area contributed by atoms with E-state index in [9.17, 15) is 18.0 Å². The third kappa shape index (κ3) is 8.73. The topological polar surface area (TPSA) is 145 Å². The van der Waals surface area contributed by atoms with Gasteiger partial charge in [-0.2, -0.15) is 0 Å². The van der Waals surface area contributed by atoms with Gasteiger partial charge in [-0.05, 0) is 48.8 Å². The van der Waals surface area contributed by atoms with Gasteiger partial charge in [-0.1, -0.05) is 84.9 Å². The lowest BCUT2D eigenvalue weighted by Crippen LogP contribution is -2.57. The number of piperidine rings is 1. The van der Waals surface area contributed by atoms with Gasteiger partial charge in [0.05, 0.1) is 5.75 Å². The number of rotatable bonds is 12. The fourth-order valence-corrected chi connectivity index (χ4v) is 6.38. The lowest BCUT2D eigenvalue weighted by Gasteiger charge is -2.37. The molecule has 0 spiro atoms. The van der Waals surface area contributed by atoms with Crippen molar-refractivity contribution in [3.05, 3.63) is 107 Å². The predicted molar refractivity (Wildman–Crippen MR) is 159 cm³/mol. The molecule has 10 heteroatoms. The van der Waals surface area contributed by atoms with Gasteiger partial charge in [0.2, 0.25) is 21.8 Å². The standard InChI is InChI=1S/C31H37N5O4S/c32-29(33)26-17-14-24(15-18-26)21-34-30(37)28-13-7-8-20-36(28)31(38)27(19-16-23-9-3-1-4-10-23)35-41(39,40)22-25-11-5-2-6-12-25/h1-6,9-12,14-15,17-18,27-28,35H,7-8,13,16,19-22H2,(H3,32,33)(H,34,37). The molecule has 2 atom stereocenters. The Morgan fingerprint density at radius 3 is 2.17 bits per heavy atom. The number of likely N-dealkylation sites (tertiary alicyclic amines) is 1. The minimum absolute atomic E-state index is 0.0295. The maximum absolute atomic E-state index is 13.9. The number of amidine groups is 1. The zero-order valence-electron chi connectivity index (χ0n) is 23.0. The van der Waals surface area contributed by atoms with E-state index in [1.807, 2.05) is 36.4 Å². The second-order valence-corrected chi connectivity index (χ2v) is 12.1. The van der Waals surface area contributed by atoms with E-state index in [2.05, 4.69) is 10.0 Å². The van der Waals surface area contributed by atoms with Crippen LogP contribution in [-0.2, 0) is 38.3 Å². The first-order valence-electron chi connectivity index (χ1n) is 13.8. The number of aryl methyl sites for hydroxylation is 1. The van der Waals surface area contributed by atoms with Crippen molar-refractivity contribution in [2.45, 2.75) is 56.5 Å². The van der Waals surface area contributed by atoms with Crippen molar-refractivity contribution in [2.75, 3.05) is 6.54 Å². The van der Waals surface area contributed by atoms with E-state index >= 15 is 0 Å². The van der Waals surface area contributed by atoms with Crippen LogP contribution in [0.2, 0.25) is 0 Å². The molecule has 0 bridgehead atoms. The summed E-state index contributed by atoms with van der Waals surface area (Å²) in [7, 11) is -3.84. The van der Waals surface area contributed by atoms with Crippen molar-refractivity contribution in [1.29, 1.82) is 5.41 Å². The molecular formula is C31H37N5O4S. The van der Waals surface area contributed by atoms with E-state index in [0.717, 1.165) is 24.0 Å². The number of hydrogen-bond acceptors (Lipinski definition) is 5. The Bertz CT molecular complexity index is 1430. The van der Waals surface area contributed by atoms with Crippen molar-refractivity contribution < 1.29 is 18.0 Å². The SMILES string of the molecule is N=C(N)c1ccc(CNC(=O)C2CCCCN2C(=O)C(CCc2ccccc2)NS(=O)(=O)Cc2ccccc2)cc1. The monoisotopic (exact) mass is 575 g/mol. The Hall–Kier alpha value is -4.02. The molecule has 0 aromatic heterocycles. The number of nitrogen functional groups attached to an aromatic ring is 1. The van der Waals surface area contributed by atoms with Crippen LogP contribution in [0.4, 0.5) is 0 Å². The first kappa shape index (κ1) is 30.0. The molecule has 1 heterocycles. The first-order valence-corrected chi connectivity index (χ1v) is 15.5. The van der Waals surface area contributed by atoms with Crippen LogP contribution < -0.4 is 15.8 Å². The molecular weight excluding hydrogens is 538 g/mol. The zero-order chi connectivity index (χ0) is 29.2. The molecule has 3 aromatic rings. The van der Waals surface area contributed by atoms with Crippen molar-refractivity contribution in [1.82, 2.24) is 14.9 Å². The summed E-state index contributed by atoms with van der Waals surface area (Å²) in [6.45, 7) is 0.642. The highest BCUT2D eigenvalue weighted by Crippen LogP contribution is 2.21. The molecule has 0 aliphatic carbocycles. The van der Waals surface area contributed by atoms with Crippen LogP contribution in [0.15, 0.2) is 84.9 Å². The van der Waals surface area contributed by atoms with Gasteiger partial charge in [-0.3, -0.25) is 15.0 Å². The van der Waals surface area contributed by atoms with Crippen LogP contribution in [0, 0.1) is 5.41 Å². The van der Waals surface area contributed by atoms with Crippen LogP contribution in [0.1, 0.15) is 47.9 Å². The van der Waals surface area contributed by atoms with Crippen LogP contribution in [0.25, 0.3) is 0 Å². The van der Waals surface area contributed by atoms with E-state index < -0.39 is 22.1 Å². The molecule has 41 heavy (non-hydrogen) atoms. The Labute approximate surface area is 241 Å². The van der Waals surface area contributed by atoms with E-state index in [4.69, 9.17) is 11.1 Å². The van der Waals surface area contributed by atoms with Crippen LogP contribution in [-0.4, -0.2) is 49.6 Å². The molecule has 3 aromatic carbocycles. The Kier molecular flexibility index (Phi) is 10.3. The second-order valence-electron chi connectivity index (χ2n) is 10.3. The minimum Gasteiger partial charge on any atom is -0.384 e. The highest BCUT2D eigenvalue weighted by Gasteiger charge is 2.36. The lowest BCUT2D eigenvalue weighted by molar-refractivity contribution is -0.143. The summed E-state index contributed by atoms with van der Waals surface area (Å²) in [5.74, 6) is -0.931. The van der Waals surface area contributed by atoms with Crippen molar-refractivity contribution in [3.63, 3.8) is 0 Å². The van der Waals surface area contributed by atoms with Gasteiger partial charge in [0.25, 0.3) is 0 Å². The predicted octanol–water partition coefficient (Wildman–Crippen LogP) is 3.09. The first-order chi connectivity index (χ1) is 19.7. The number of carbonyl (C=O) groups is 2. The molecule has 0 saturated carbocycles. The number of nitrogens with two attached hydrogens (primary N) is 1. The fourth-order valence-electron chi connectivity index (χ4n) is 5.02. The van der Waals surface area contributed by atoms with Gasteiger partial charge >= 0.3 is 0 Å². The maximum atomic E-state index is 13.9. The molecule has 1 aliphatic heterocycles. The molecule has 1 saturated heterocycles. The highest BCUT2D eigenvalue weighted by atomic mass is 32.2. The molecule has 1 fully saturated rings. The Morgan fingerprint density at radius 2 is 1.54 bits per heavy atom. The molecule has 9 nitrogen and oxygen atoms in total. The normalized spacial score (nSPS) is 16.1. The Balaban J connectivity index is 1.48. The summed E-state index contributed by atoms with van der Waals surface area (Å²) in [4.78, 5) is 28.8. The maximum Gasteiger partial charge on any atom is 0.243 e. The number of carbonyl (C=O) groups excluding carboxylic acids is 2. The smallest absolute Gasteiger partial charge is 0.243 e. The van der Waals surface area contributed by atoms with Gasteiger partial charge in [0.15, 0.2) is 0 Å². The van der Waals surface area contributed by atoms with Crippen molar-refractivity contribution in [2.24, 2.45) is 5.73 Å². The zero-order valence-corrected chi connectivity index (χ0v) is 23.8. The Morgan fingerprint density at radius 1 is 0.902 bits per heavy atom. The number of nitrogens with one attached hydrogen (secondary N) is 3. The van der Waals surface area contributed by atoms with Crippen molar-refractivity contribution in [3.8, 4) is 0 Å². The number of amides is 2. The number of benzene rings is 3. The largest absolute Gasteiger partial charge is 0.384 e. The number of sulfonamides is 1. The summed E-state index contributed by atoms with van der Waals surface area (Å²) in [6.07, 6.45) is 2.81. The van der Waals surface area contributed by atoms with Gasteiger partial charge < -0.3 is 16.0 Å². The number of nitrogens with zero attached hydrogens (tertiary/aromatic N) is 1. The summed E-state index contributed by atoms with van der Waals surface area (Å²) >= 11 is 0. The van der Waals surface area contributed by atoms with Gasteiger partial charge in [-0.15, -0.1) is 0 Å². The van der Waals surface area contributed by atoms with Crippen molar-refractivity contribution >= 4 is 27.7 Å². The van der Waals surface area contributed by atoms with E-state index in [-0.39, 0.29) is 36.4 Å². The van der Waals surface area contributed by atoms with E-state index in [1.165, 1.54) is 0 Å². The minimum atomic E-state index is -3.84. The lowest BCUT2D eigenvalue weighted by atomic mass is 9.98. The summed E-state index contributed by atoms with van der Waals surface area (Å²) in [6, 6.07) is 23.8. The van der Waals surface area contributed by atoms with Crippen LogP contribution >= 0.6 is 0 Å². The quantitative estimate of drug-likeness (QED) is 0.194. The van der Waals surface area contributed by atoms with Crippen LogP contribution in [0.5, 0.6) is 0 Å². The van der Waals surface area contributed by atoms with Gasteiger partial charge in [0, 0.05) is 18.7 Å². The molecule has 2 unspecified atom stereocenters. The van der Waals surface area contributed by atoms with E-state index in [1.54, 1.807) is 53.4 Å². The summed E-state index contributed by atoms with van der Waals surface area (Å²) in [5.41, 5.74) is 8.58. The van der Waals surface area contributed by atoms with Crippen LogP contribution in [0.3, 0.4) is 0 Å². The fraction of sp³-hybridized carbons (Fsp3) is 0.323. The molecule has 4 rings (SSSR count). The second kappa shape index (κ2) is 14.0. The molecule has 5 N–H and O–H groups in total.